The van der Waals surface area contributed by atoms with Gasteiger partial charge >= 0.3 is 0 Å². The van der Waals surface area contributed by atoms with E-state index in [1.807, 2.05) is 24.3 Å². The van der Waals surface area contributed by atoms with E-state index in [1.54, 1.807) is 17.6 Å². The van der Waals surface area contributed by atoms with E-state index in [1.165, 1.54) is 35.2 Å². The van der Waals surface area contributed by atoms with E-state index in [9.17, 15) is 23.2 Å². The molecule has 13 heteroatoms. The van der Waals surface area contributed by atoms with Gasteiger partial charge in [-0.1, -0.05) is 12.1 Å². The molecule has 2 heterocycles. The van der Waals surface area contributed by atoms with Gasteiger partial charge in [0, 0.05) is 36.3 Å². The third kappa shape index (κ3) is 5.70. The van der Waals surface area contributed by atoms with Crippen molar-refractivity contribution >= 4 is 67.4 Å². The minimum Gasteiger partial charge on any atom is -0.349 e. The Bertz CT molecular complexity index is 1370. The van der Waals surface area contributed by atoms with Gasteiger partial charge in [-0.25, -0.2) is 18.9 Å². The van der Waals surface area contributed by atoms with Crippen LogP contribution in [0.25, 0.3) is 10.2 Å². The van der Waals surface area contributed by atoms with E-state index in [4.69, 9.17) is 0 Å². The molecule has 2 fully saturated rings. The lowest BCUT2D eigenvalue weighted by Crippen LogP contribution is -2.58. The minimum atomic E-state index is -4.03. The normalized spacial score (nSPS) is 17.5. The first-order chi connectivity index (χ1) is 17.8. The van der Waals surface area contributed by atoms with Gasteiger partial charge in [-0.15, -0.1) is 35.5 Å². The number of amides is 2. The van der Waals surface area contributed by atoms with Gasteiger partial charge in [-0.2, -0.15) is 0 Å². The minimum absolute atomic E-state index is 0. The van der Waals surface area contributed by atoms with Gasteiger partial charge in [0.05, 0.1) is 15.1 Å². The van der Waals surface area contributed by atoms with Crippen LogP contribution in [-0.4, -0.2) is 71.5 Å². The molecule has 38 heavy (non-hydrogen) atoms. The number of hydrogen-bond donors (Lipinski definition) is 3. The van der Waals surface area contributed by atoms with Gasteiger partial charge in [-0.3, -0.25) is 14.8 Å². The number of carbonyl (C=O) groups excluding carboxylic acids is 2. The van der Waals surface area contributed by atoms with Crippen LogP contribution in [0.1, 0.15) is 35.5 Å². The summed E-state index contributed by atoms with van der Waals surface area (Å²) in [7, 11) is -4.03. The van der Waals surface area contributed by atoms with Crippen LogP contribution < -0.4 is 10.8 Å². The molecule has 2 aliphatic rings. The van der Waals surface area contributed by atoms with Crippen LogP contribution in [0.3, 0.4) is 0 Å². The lowest BCUT2D eigenvalue weighted by molar-refractivity contribution is -0.133. The molecule has 2 aromatic carbocycles. The average molecular weight is 597 g/mol. The highest BCUT2D eigenvalue weighted by Gasteiger charge is 2.53. The van der Waals surface area contributed by atoms with Gasteiger partial charge in [0.1, 0.15) is 0 Å². The van der Waals surface area contributed by atoms with Gasteiger partial charge in [0.25, 0.3) is 11.8 Å². The maximum atomic E-state index is 13.6. The van der Waals surface area contributed by atoms with E-state index < -0.39 is 20.5 Å². The van der Waals surface area contributed by atoms with E-state index in [2.05, 4.69) is 15.2 Å². The number of fused-ring (bicyclic) bond motifs is 1. The van der Waals surface area contributed by atoms with Crippen molar-refractivity contribution in [3.8, 4) is 0 Å². The van der Waals surface area contributed by atoms with Crippen molar-refractivity contribution < 1.29 is 23.2 Å². The molecule has 0 atom stereocenters. The van der Waals surface area contributed by atoms with Crippen molar-refractivity contribution in [1.29, 1.82) is 0 Å². The van der Waals surface area contributed by atoms with Crippen molar-refractivity contribution in [1.82, 2.24) is 20.7 Å². The summed E-state index contributed by atoms with van der Waals surface area (Å²) < 4.78 is 26.5. The number of sulfone groups is 1. The maximum absolute atomic E-state index is 13.6. The molecule has 0 radical (unpaired) electrons. The maximum Gasteiger partial charge on any atom is 0.280 e. The highest BCUT2D eigenvalue weighted by molar-refractivity contribution is 7.99. The average Bonchev–Trinajstić information content (AvgIpc) is 3.68. The molecular weight excluding hydrogens is 568 g/mol. The molecule has 3 N–H and O–H groups in total. The van der Waals surface area contributed by atoms with Crippen molar-refractivity contribution in [3.05, 3.63) is 53.5 Å². The smallest absolute Gasteiger partial charge is 0.280 e. The second-order valence-electron chi connectivity index (χ2n) is 9.27. The molecule has 1 saturated carbocycles. The lowest BCUT2D eigenvalue weighted by atomic mass is 9.94. The summed E-state index contributed by atoms with van der Waals surface area (Å²) in [6.45, 7) is 1.44. The Labute approximate surface area is 235 Å². The molecule has 0 spiro atoms. The SMILES string of the molecule is Cl.O=C(NCCSc1ccc(S(=O)(=O)C2(C(=O)NO)CCN(C3CC3)CC2)cc1)c1nc2ccccc2s1. The number of para-hydroxylation sites is 1. The third-order valence-electron chi connectivity index (χ3n) is 6.98. The molecule has 2 amide bonds. The molecule has 1 aromatic heterocycles. The molecule has 1 aliphatic carbocycles. The number of hydrogen-bond acceptors (Lipinski definition) is 9. The Kier molecular flexibility index (Phi) is 9.00. The van der Waals surface area contributed by atoms with Crippen LogP contribution in [0.15, 0.2) is 58.3 Å². The number of rotatable bonds is 9. The van der Waals surface area contributed by atoms with Gasteiger partial charge in [0.2, 0.25) is 0 Å². The number of carbonyl (C=O) groups is 2. The number of halogens is 1. The number of thiazole rings is 1. The highest BCUT2D eigenvalue weighted by atomic mass is 35.5. The molecule has 5 rings (SSSR count). The molecular formula is C25H29ClN4O5S3. The Hall–Kier alpha value is -2.22. The first-order valence-electron chi connectivity index (χ1n) is 12.1. The Morgan fingerprint density at radius 1 is 1.11 bits per heavy atom. The predicted octanol–water partition coefficient (Wildman–Crippen LogP) is 3.52. The largest absolute Gasteiger partial charge is 0.349 e. The zero-order valence-corrected chi connectivity index (χ0v) is 23.7. The third-order valence-corrected chi connectivity index (χ3v) is 11.5. The number of nitrogens with zero attached hydrogens (tertiary/aromatic N) is 2. The van der Waals surface area contributed by atoms with Crippen LogP contribution in [0.4, 0.5) is 0 Å². The van der Waals surface area contributed by atoms with Crippen LogP contribution in [0.2, 0.25) is 0 Å². The molecule has 0 unspecified atom stereocenters. The Balaban J connectivity index is 0.00000336. The Morgan fingerprint density at radius 2 is 1.79 bits per heavy atom. The second-order valence-corrected chi connectivity index (χ2v) is 13.7. The summed E-state index contributed by atoms with van der Waals surface area (Å²) >= 11 is 2.83. The molecule has 1 saturated heterocycles. The van der Waals surface area contributed by atoms with Crippen LogP contribution in [0, 0.1) is 0 Å². The second kappa shape index (κ2) is 11.9. The van der Waals surface area contributed by atoms with E-state index >= 15 is 0 Å². The fourth-order valence-corrected chi connectivity index (χ4v) is 8.33. The summed E-state index contributed by atoms with van der Waals surface area (Å²) in [5.41, 5.74) is 2.41. The zero-order chi connectivity index (χ0) is 26.0. The number of benzene rings is 2. The number of likely N-dealkylation sites (tertiary alicyclic amines) is 1. The van der Waals surface area contributed by atoms with Gasteiger partial charge in [-0.05, 0) is 62.1 Å². The summed E-state index contributed by atoms with van der Waals surface area (Å²) in [5, 5.41) is 12.6. The Morgan fingerprint density at radius 3 is 2.42 bits per heavy atom. The highest BCUT2D eigenvalue weighted by Crippen LogP contribution is 2.39. The van der Waals surface area contributed by atoms with Crippen LogP contribution in [0.5, 0.6) is 0 Å². The molecule has 3 aromatic rings. The van der Waals surface area contributed by atoms with Crippen LogP contribution >= 0.6 is 35.5 Å². The topological polar surface area (TPSA) is 129 Å². The number of aromatic nitrogens is 1. The molecule has 0 bridgehead atoms. The van der Waals surface area contributed by atoms with Crippen molar-refractivity contribution in [2.45, 2.75) is 46.3 Å². The zero-order valence-electron chi connectivity index (χ0n) is 20.5. The quantitative estimate of drug-likeness (QED) is 0.148. The van der Waals surface area contributed by atoms with E-state index in [0.29, 0.717) is 36.4 Å². The van der Waals surface area contributed by atoms with Crippen molar-refractivity contribution in [3.63, 3.8) is 0 Å². The fourth-order valence-electron chi connectivity index (χ4n) is 4.73. The summed E-state index contributed by atoms with van der Waals surface area (Å²) in [6, 6.07) is 14.5. The number of piperidine rings is 1. The summed E-state index contributed by atoms with van der Waals surface area (Å²) in [5.74, 6) is -0.495. The predicted molar refractivity (Wildman–Crippen MR) is 150 cm³/mol. The lowest BCUT2D eigenvalue weighted by Gasteiger charge is -2.39. The monoisotopic (exact) mass is 596 g/mol. The molecule has 1 aliphatic heterocycles. The van der Waals surface area contributed by atoms with E-state index in [-0.39, 0.29) is 36.1 Å². The summed E-state index contributed by atoms with van der Waals surface area (Å²) in [4.78, 5) is 32.5. The fraction of sp³-hybridized carbons (Fsp3) is 0.400. The first-order valence-corrected chi connectivity index (χ1v) is 15.4. The summed E-state index contributed by atoms with van der Waals surface area (Å²) in [6.07, 6.45) is 2.50. The van der Waals surface area contributed by atoms with Gasteiger partial charge in [0.15, 0.2) is 19.6 Å². The van der Waals surface area contributed by atoms with Crippen molar-refractivity contribution in [2.75, 3.05) is 25.4 Å². The molecule has 204 valence electrons. The van der Waals surface area contributed by atoms with Crippen LogP contribution in [-0.2, 0) is 14.6 Å². The first kappa shape index (κ1) is 28.8. The number of nitrogens with one attached hydrogen (secondary N) is 2. The van der Waals surface area contributed by atoms with E-state index in [0.717, 1.165) is 28.0 Å². The number of hydroxylamine groups is 1. The van der Waals surface area contributed by atoms with Gasteiger partial charge < -0.3 is 10.2 Å². The number of thioether (sulfide) groups is 1. The van der Waals surface area contributed by atoms with Crippen molar-refractivity contribution in [2.24, 2.45) is 0 Å². The molecule has 9 nitrogen and oxygen atoms in total. The standard InChI is InChI=1S/C25H28N4O5S3.ClH/c30-22(23-27-20-3-1-2-4-21(20)36-23)26-13-16-35-18-7-9-19(10-8-18)37(33,34)25(24(31)28-32)11-14-29(15-12-25)17-5-6-17;/h1-4,7-10,17,32H,5-6,11-16H2,(H,26,30)(H,28,31);1H.